The van der Waals surface area contributed by atoms with Gasteiger partial charge in [0.2, 0.25) is 0 Å². The van der Waals surface area contributed by atoms with Gasteiger partial charge >= 0.3 is 6.18 Å². The first-order valence-corrected chi connectivity index (χ1v) is 5.97. The molecule has 2 rings (SSSR count). The van der Waals surface area contributed by atoms with E-state index >= 15 is 0 Å². The van der Waals surface area contributed by atoms with E-state index in [1.807, 2.05) is 0 Å². The molecule has 1 fully saturated rings. The first-order valence-electron chi connectivity index (χ1n) is 5.97. The number of nitrogens with one attached hydrogen (secondary N) is 1. The van der Waals surface area contributed by atoms with E-state index < -0.39 is 17.6 Å². The third-order valence-electron chi connectivity index (χ3n) is 3.59. The summed E-state index contributed by atoms with van der Waals surface area (Å²) < 4.78 is 50.8. The molecule has 100 valence electrons. The van der Waals surface area contributed by atoms with Crippen LogP contribution < -0.4 is 5.32 Å². The topological polar surface area (TPSA) is 12.0 Å². The second-order valence-electron chi connectivity index (χ2n) is 4.69. The van der Waals surface area contributed by atoms with Gasteiger partial charge in [0.1, 0.15) is 5.82 Å². The summed E-state index contributed by atoms with van der Waals surface area (Å²) in [7, 11) is 1.75. The molecule has 1 aliphatic carbocycles. The Morgan fingerprint density at radius 3 is 2.33 bits per heavy atom. The fraction of sp³-hybridized carbons (Fsp3) is 0.538. The van der Waals surface area contributed by atoms with Crippen molar-refractivity contribution in [1.29, 1.82) is 0 Å². The van der Waals surface area contributed by atoms with Crippen molar-refractivity contribution in [3.8, 4) is 0 Å². The van der Waals surface area contributed by atoms with Gasteiger partial charge in [0.05, 0.1) is 5.56 Å². The predicted molar refractivity (Wildman–Crippen MR) is 60.5 cm³/mol. The molecule has 0 saturated heterocycles. The third-order valence-corrected chi connectivity index (χ3v) is 3.59. The Kier molecular flexibility index (Phi) is 3.61. The van der Waals surface area contributed by atoms with Crippen LogP contribution in [0.3, 0.4) is 0 Å². The van der Waals surface area contributed by atoms with Gasteiger partial charge in [-0.2, -0.15) is 13.2 Å². The molecule has 1 nitrogen and oxygen atoms in total. The molecule has 1 N–H and O–H groups in total. The molecule has 0 amide bonds. The molecule has 0 aliphatic heterocycles. The molecule has 0 spiro atoms. The Bertz CT molecular complexity index is 423. The minimum absolute atomic E-state index is 0.0597. The zero-order valence-electron chi connectivity index (χ0n) is 10.0. The maximum atomic E-state index is 13.5. The number of hydrogen-bond acceptors (Lipinski definition) is 1. The summed E-state index contributed by atoms with van der Waals surface area (Å²) in [5, 5.41) is 3.06. The standard InChI is InChI=1S/C13H15F4N/c1-18-12(8-3-2-4-8)9-5-6-10(11(14)7-9)13(15,16)17/h5-8,12,18H,2-4H2,1H3. The molecule has 1 aliphatic rings. The minimum Gasteiger partial charge on any atom is -0.313 e. The van der Waals surface area contributed by atoms with Crippen LogP contribution in [0.4, 0.5) is 17.6 Å². The van der Waals surface area contributed by atoms with Crippen molar-refractivity contribution in [2.24, 2.45) is 5.92 Å². The normalized spacial score (nSPS) is 18.5. The lowest BCUT2D eigenvalue weighted by Crippen LogP contribution is -2.30. The second-order valence-corrected chi connectivity index (χ2v) is 4.69. The van der Waals surface area contributed by atoms with Crippen LogP contribution in [-0.4, -0.2) is 7.05 Å². The lowest BCUT2D eigenvalue weighted by atomic mass is 9.77. The molecular formula is C13H15F4N. The quantitative estimate of drug-likeness (QED) is 0.813. The SMILES string of the molecule is CNC(c1ccc(C(F)(F)F)c(F)c1)C1CCC1. The van der Waals surface area contributed by atoms with Crippen molar-refractivity contribution in [3.05, 3.63) is 35.1 Å². The highest BCUT2D eigenvalue weighted by Crippen LogP contribution is 2.39. The number of rotatable bonds is 3. The van der Waals surface area contributed by atoms with Gasteiger partial charge in [0, 0.05) is 6.04 Å². The van der Waals surface area contributed by atoms with Crippen molar-refractivity contribution in [2.75, 3.05) is 7.05 Å². The molecule has 1 aromatic rings. The molecular weight excluding hydrogens is 246 g/mol. The highest BCUT2D eigenvalue weighted by Gasteiger charge is 2.35. The Morgan fingerprint density at radius 1 is 1.28 bits per heavy atom. The lowest BCUT2D eigenvalue weighted by Gasteiger charge is -2.34. The van der Waals surface area contributed by atoms with Crippen molar-refractivity contribution in [2.45, 2.75) is 31.5 Å². The van der Waals surface area contributed by atoms with Gasteiger partial charge in [-0.05, 0) is 43.5 Å². The van der Waals surface area contributed by atoms with Crippen LogP contribution >= 0.6 is 0 Å². The average Bonchev–Trinajstić information content (AvgIpc) is 2.20. The summed E-state index contributed by atoms with van der Waals surface area (Å²) in [6.45, 7) is 0. The molecule has 1 aromatic carbocycles. The molecule has 1 unspecified atom stereocenters. The molecule has 1 saturated carbocycles. The highest BCUT2D eigenvalue weighted by molar-refractivity contribution is 5.29. The zero-order valence-corrected chi connectivity index (χ0v) is 10.0. The average molecular weight is 261 g/mol. The Labute approximate surface area is 103 Å². The Balaban J connectivity index is 2.27. The van der Waals surface area contributed by atoms with Gasteiger partial charge in [0.25, 0.3) is 0 Å². The van der Waals surface area contributed by atoms with Crippen molar-refractivity contribution in [1.82, 2.24) is 5.32 Å². The summed E-state index contributed by atoms with van der Waals surface area (Å²) in [5.41, 5.74) is -0.609. The smallest absolute Gasteiger partial charge is 0.313 e. The fourth-order valence-electron chi connectivity index (χ4n) is 2.40. The first kappa shape index (κ1) is 13.3. The van der Waals surface area contributed by atoms with Crippen LogP contribution in [0.1, 0.15) is 36.4 Å². The molecule has 0 bridgehead atoms. The van der Waals surface area contributed by atoms with Crippen molar-refractivity contribution >= 4 is 0 Å². The second kappa shape index (κ2) is 4.88. The minimum atomic E-state index is -4.63. The maximum Gasteiger partial charge on any atom is 0.419 e. The van der Waals surface area contributed by atoms with Crippen LogP contribution in [-0.2, 0) is 6.18 Å². The summed E-state index contributed by atoms with van der Waals surface area (Å²) in [6.07, 6.45) is -1.43. The number of halogens is 4. The number of hydrogen-bond donors (Lipinski definition) is 1. The van der Waals surface area contributed by atoms with E-state index in [-0.39, 0.29) is 6.04 Å². The predicted octanol–water partition coefficient (Wildman–Crippen LogP) is 3.91. The van der Waals surface area contributed by atoms with Gasteiger partial charge in [-0.3, -0.25) is 0 Å². The van der Waals surface area contributed by atoms with E-state index in [1.54, 1.807) is 7.05 Å². The largest absolute Gasteiger partial charge is 0.419 e. The van der Waals surface area contributed by atoms with Crippen LogP contribution in [0.15, 0.2) is 18.2 Å². The van der Waals surface area contributed by atoms with Crippen molar-refractivity contribution in [3.63, 3.8) is 0 Å². The maximum absolute atomic E-state index is 13.5. The third kappa shape index (κ3) is 2.51. The molecule has 18 heavy (non-hydrogen) atoms. The summed E-state index contributed by atoms with van der Waals surface area (Å²) >= 11 is 0. The Hall–Kier alpha value is -1.10. The monoisotopic (exact) mass is 261 g/mol. The summed E-state index contributed by atoms with van der Waals surface area (Å²) in [6, 6.07) is 3.14. The number of benzene rings is 1. The van der Waals surface area contributed by atoms with Crippen LogP contribution in [0.5, 0.6) is 0 Å². The molecule has 1 atom stereocenters. The van der Waals surface area contributed by atoms with E-state index in [0.717, 1.165) is 31.4 Å². The van der Waals surface area contributed by atoms with Gasteiger partial charge in [-0.15, -0.1) is 0 Å². The van der Waals surface area contributed by atoms with Gasteiger partial charge < -0.3 is 5.32 Å². The van der Waals surface area contributed by atoms with Gasteiger partial charge in [-0.1, -0.05) is 12.5 Å². The van der Waals surface area contributed by atoms with Crippen molar-refractivity contribution < 1.29 is 17.6 Å². The van der Waals surface area contributed by atoms with E-state index in [2.05, 4.69) is 5.32 Å². The molecule has 5 heteroatoms. The van der Waals surface area contributed by atoms with E-state index in [9.17, 15) is 17.6 Å². The van der Waals surface area contributed by atoms with Crippen LogP contribution in [0.25, 0.3) is 0 Å². The first-order chi connectivity index (χ1) is 8.43. The fourth-order valence-corrected chi connectivity index (χ4v) is 2.40. The van der Waals surface area contributed by atoms with E-state index in [1.165, 1.54) is 6.07 Å². The lowest BCUT2D eigenvalue weighted by molar-refractivity contribution is -0.140. The van der Waals surface area contributed by atoms with E-state index in [0.29, 0.717) is 11.5 Å². The zero-order chi connectivity index (χ0) is 13.3. The highest BCUT2D eigenvalue weighted by atomic mass is 19.4. The van der Waals surface area contributed by atoms with Crippen LogP contribution in [0, 0.1) is 11.7 Å². The molecule has 0 radical (unpaired) electrons. The van der Waals surface area contributed by atoms with Crippen LogP contribution in [0.2, 0.25) is 0 Å². The van der Waals surface area contributed by atoms with E-state index in [4.69, 9.17) is 0 Å². The molecule has 0 aromatic heterocycles. The summed E-state index contributed by atoms with van der Waals surface area (Å²) in [4.78, 5) is 0. The Morgan fingerprint density at radius 2 is 1.94 bits per heavy atom. The summed E-state index contributed by atoms with van der Waals surface area (Å²) in [5.74, 6) is -0.800. The molecule has 0 heterocycles. The van der Waals surface area contributed by atoms with Gasteiger partial charge in [-0.25, -0.2) is 4.39 Å². The van der Waals surface area contributed by atoms with Gasteiger partial charge in [0.15, 0.2) is 0 Å². The number of alkyl halides is 3.